The van der Waals surface area contributed by atoms with Gasteiger partial charge in [-0.1, -0.05) is 0 Å². The van der Waals surface area contributed by atoms with E-state index in [0.29, 0.717) is 13.0 Å². The zero-order valence-corrected chi connectivity index (χ0v) is 12.6. The molecule has 0 aromatic carbocycles. The molecule has 1 heterocycles. The van der Waals surface area contributed by atoms with Gasteiger partial charge in [0.05, 0.1) is 11.9 Å². The fourth-order valence-electron chi connectivity index (χ4n) is 1.30. The predicted octanol–water partition coefficient (Wildman–Crippen LogP) is -0.209. The van der Waals surface area contributed by atoms with Gasteiger partial charge in [0.2, 0.25) is 11.9 Å². The van der Waals surface area contributed by atoms with Crippen LogP contribution in [-0.4, -0.2) is 48.0 Å². The van der Waals surface area contributed by atoms with E-state index in [0.717, 1.165) is 0 Å². The lowest BCUT2D eigenvalue weighted by Crippen LogP contribution is -2.17. The topological polar surface area (TPSA) is 132 Å². The summed E-state index contributed by atoms with van der Waals surface area (Å²) in [6.45, 7) is 4.11. The van der Waals surface area contributed by atoms with E-state index >= 15 is 0 Å². The third-order valence-corrected chi connectivity index (χ3v) is 3.09. The number of nitrogen functional groups attached to an aromatic ring is 1. The van der Waals surface area contributed by atoms with Crippen molar-refractivity contribution in [1.82, 2.24) is 15.0 Å². The average molecular weight is 304 g/mol. The summed E-state index contributed by atoms with van der Waals surface area (Å²) >= 11 is 0. The van der Waals surface area contributed by atoms with Gasteiger partial charge in [-0.25, -0.2) is 14.3 Å². The fourth-order valence-corrected chi connectivity index (χ4v) is 1.97. The van der Waals surface area contributed by atoms with Crippen LogP contribution in [0.5, 0.6) is 6.01 Å². The second-order valence-electron chi connectivity index (χ2n) is 4.49. The van der Waals surface area contributed by atoms with Crippen molar-refractivity contribution in [3.63, 3.8) is 0 Å². The molecule has 0 saturated carbocycles. The van der Waals surface area contributed by atoms with Crippen molar-refractivity contribution < 1.29 is 13.2 Å². The molecule has 0 aliphatic carbocycles. The van der Waals surface area contributed by atoms with Gasteiger partial charge in [0.1, 0.15) is 9.84 Å². The Morgan fingerprint density at radius 1 is 1.25 bits per heavy atom. The van der Waals surface area contributed by atoms with Crippen molar-refractivity contribution in [2.75, 3.05) is 29.3 Å². The van der Waals surface area contributed by atoms with Gasteiger partial charge in [-0.15, -0.1) is 0 Å². The minimum absolute atomic E-state index is 0.0823. The van der Waals surface area contributed by atoms with E-state index in [2.05, 4.69) is 25.7 Å². The largest absolute Gasteiger partial charge is 0.461 e. The highest BCUT2D eigenvalue weighted by atomic mass is 32.2. The fraction of sp³-hybridized carbons (Fsp3) is 0.700. The zero-order valence-electron chi connectivity index (χ0n) is 11.8. The highest BCUT2D eigenvalue weighted by Gasteiger charge is 2.08. The molecule has 0 amide bonds. The predicted molar refractivity (Wildman–Crippen MR) is 76.2 cm³/mol. The molecule has 0 unspecified atom stereocenters. The van der Waals surface area contributed by atoms with Gasteiger partial charge in [0.25, 0.3) is 0 Å². The molecular formula is C10H20N6O3S. The molecule has 0 spiro atoms. The smallest absolute Gasteiger partial charge is 0.323 e. The van der Waals surface area contributed by atoms with Gasteiger partial charge >= 0.3 is 6.01 Å². The Labute approximate surface area is 118 Å². The summed E-state index contributed by atoms with van der Waals surface area (Å²) in [4.78, 5) is 12.0. The number of nitrogens with zero attached hydrogens (tertiary/aromatic N) is 3. The first-order valence-corrected chi connectivity index (χ1v) is 8.17. The molecule has 0 aliphatic heterocycles. The van der Waals surface area contributed by atoms with Crippen LogP contribution < -0.4 is 21.3 Å². The minimum Gasteiger partial charge on any atom is -0.461 e. The van der Waals surface area contributed by atoms with Crippen LogP contribution in [0.15, 0.2) is 0 Å². The van der Waals surface area contributed by atoms with E-state index in [1.165, 1.54) is 6.26 Å². The monoisotopic (exact) mass is 304 g/mol. The highest BCUT2D eigenvalue weighted by Crippen LogP contribution is 2.11. The lowest BCUT2D eigenvalue weighted by Gasteiger charge is -2.10. The summed E-state index contributed by atoms with van der Waals surface area (Å²) in [7, 11) is -2.97. The Hall–Kier alpha value is -1.68. The molecule has 4 N–H and O–H groups in total. The average Bonchev–Trinajstić information content (AvgIpc) is 2.32. The summed E-state index contributed by atoms with van der Waals surface area (Å²) < 4.78 is 27.4. The van der Waals surface area contributed by atoms with Crippen LogP contribution in [-0.2, 0) is 9.84 Å². The number of nitrogens with one attached hydrogen (secondary N) is 2. The van der Waals surface area contributed by atoms with Crippen LogP contribution >= 0.6 is 0 Å². The number of aromatic nitrogens is 3. The van der Waals surface area contributed by atoms with Crippen LogP contribution in [0, 0.1) is 0 Å². The molecule has 0 bridgehead atoms. The Morgan fingerprint density at radius 2 is 1.90 bits per heavy atom. The van der Waals surface area contributed by atoms with E-state index in [9.17, 15) is 8.42 Å². The van der Waals surface area contributed by atoms with Crippen molar-refractivity contribution >= 4 is 21.7 Å². The SMILES string of the molecule is CC(C)Oc1nc(NN)nc(NCCCS(C)(=O)=O)n1. The first kappa shape index (κ1) is 16.4. The Bertz CT molecular complexity index is 534. The number of rotatable bonds is 8. The van der Waals surface area contributed by atoms with E-state index in [1.54, 1.807) is 0 Å². The quantitative estimate of drug-likeness (QED) is 0.339. The summed E-state index contributed by atoms with van der Waals surface area (Å²) in [5.41, 5.74) is 2.32. The number of anilines is 2. The van der Waals surface area contributed by atoms with E-state index in [1.807, 2.05) is 13.8 Å². The van der Waals surface area contributed by atoms with Crippen LogP contribution in [0.2, 0.25) is 0 Å². The lowest BCUT2D eigenvalue weighted by molar-refractivity contribution is 0.222. The zero-order chi connectivity index (χ0) is 15.2. The molecule has 0 aliphatic rings. The summed E-state index contributed by atoms with van der Waals surface area (Å²) in [6, 6.07) is 0.147. The van der Waals surface area contributed by atoms with Gasteiger partial charge in [0, 0.05) is 12.8 Å². The molecule has 114 valence electrons. The second kappa shape index (κ2) is 7.20. The molecule has 0 saturated heterocycles. The Kier molecular flexibility index (Phi) is 5.89. The molecule has 1 aromatic rings. The number of sulfone groups is 1. The summed E-state index contributed by atoms with van der Waals surface area (Å²) in [5, 5.41) is 2.90. The van der Waals surface area contributed by atoms with Crippen molar-refractivity contribution in [3.8, 4) is 6.01 Å². The first-order valence-electron chi connectivity index (χ1n) is 6.11. The molecule has 10 heteroatoms. The van der Waals surface area contributed by atoms with Gasteiger partial charge in [-0.3, -0.25) is 5.43 Å². The van der Waals surface area contributed by atoms with Crippen LogP contribution in [0.3, 0.4) is 0 Å². The first-order chi connectivity index (χ1) is 9.30. The molecule has 20 heavy (non-hydrogen) atoms. The van der Waals surface area contributed by atoms with Crippen molar-refractivity contribution in [3.05, 3.63) is 0 Å². The lowest BCUT2D eigenvalue weighted by atomic mass is 10.5. The van der Waals surface area contributed by atoms with E-state index in [-0.39, 0.29) is 29.8 Å². The molecular weight excluding hydrogens is 284 g/mol. The molecule has 9 nitrogen and oxygen atoms in total. The number of hydrogen-bond donors (Lipinski definition) is 3. The van der Waals surface area contributed by atoms with Crippen molar-refractivity contribution in [2.24, 2.45) is 5.84 Å². The Balaban J connectivity index is 2.64. The number of ether oxygens (including phenoxy) is 1. The third kappa shape index (κ3) is 6.48. The maximum atomic E-state index is 11.0. The third-order valence-electron chi connectivity index (χ3n) is 2.06. The normalized spacial score (nSPS) is 11.4. The van der Waals surface area contributed by atoms with E-state index < -0.39 is 9.84 Å². The minimum atomic E-state index is -2.97. The standard InChI is InChI=1S/C10H20N6O3S/c1-7(2)19-10-14-8(13-9(15-10)16-11)12-5-4-6-20(3,17)18/h7H,4-6,11H2,1-3H3,(H2,12,13,14,15,16). The summed E-state index contributed by atoms with van der Waals surface area (Å²) in [5.74, 6) is 5.81. The van der Waals surface area contributed by atoms with Gasteiger partial charge in [-0.05, 0) is 20.3 Å². The highest BCUT2D eigenvalue weighted by molar-refractivity contribution is 7.90. The van der Waals surface area contributed by atoms with Gasteiger partial charge in [-0.2, -0.15) is 15.0 Å². The van der Waals surface area contributed by atoms with Crippen molar-refractivity contribution in [2.45, 2.75) is 26.4 Å². The van der Waals surface area contributed by atoms with Crippen LogP contribution in [0.25, 0.3) is 0 Å². The van der Waals surface area contributed by atoms with Crippen LogP contribution in [0.4, 0.5) is 11.9 Å². The van der Waals surface area contributed by atoms with Crippen molar-refractivity contribution in [1.29, 1.82) is 0 Å². The number of nitrogens with two attached hydrogens (primary N) is 1. The summed E-state index contributed by atoms with van der Waals surface area (Å²) in [6.07, 6.45) is 1.57. The van der Waals surface area contributed by atoms with Crippen LogP contribution in [0.1, 0.15) is 20.3 Å². The van der Waals surface area contributed by atoms with Gasteiger partial charge in [0.15, 0.2) is 0 Å². The van der Waals surface area contributed by atoms with Gasteiger partial charge < -0.3 is 10.1 Å². The molecule has 0 atom stereocenters. The maximum Gasteiger partial charge on any atom is 0.323 e. The molecule has 1 rings (SSSR count). The molecule has 1 aromatic heterocycles. The molecule has 0 fully saturated rings. The maximum absolute atomic E-state index is 11.0. The number of hydrazine groups is 1. The molecule has 0 radical (unpaired) electrons. The second-order valence-corrected chi connectivity index (χ2v) is 6.75. The van der Waals surface area contributed by atoms with E-state index in [4.69, 9.17) is 10.6 Å². The Morgan fingerprint density at radius 3 is 2.45 bits per heavy atom. The number of hydrogen-bond acceptors (Lipinski definition) is 9.